The summed E-state index contributed by atoms with van der Waals surface area (Å²) in [4.78, 5) is 0. The largest absolute Gasteiger partial charge is 0.366 e. The van der Waals surface area contributed by atoms with Crippen LogP contribution >= 0.6 is 0 Å². The van der Waals surface area contributed by atoms with Gasteiger partial charge in [-0.2, -0.15) is 0 Å². The minimum absolute atomic E-state index is 0. The molecule has 0 saturated carbocycles. The van der Waals surface area contributed by atoms with Crippen LogP contribution in [0.15, 0.2) is 30.3 Å². The Morgan fingerprint density at radius 1 is 0.727 bits per heavy atom. The molecule has 1 aromatic rings. The summed E-state index contributed by atoms with van der Waals surface area (Å²) in [6.45, 7) is 23.5. The quantitative estimate of drug-likeness (QED) is 0.274. The van der Waals surface area contributed by atoms with Gasteiger partial charge in [-0.1, -0.05) is 77.1 Å². The Hall–Kier alpha value is 0.336. The molecule has 22 heavy (non-hydrogen) atoms. The van der Waals surface area contributed by atoms with Gasteiger partial charge in [0.2, 0.25) is 0 Å². The summed E-state index contributed by atoms with van der Waals surface area (Å²) >= 11 is 0. The molecule has 0 atom stereocenters. The fourth-order valence-corrected chi connectivity index (χ4v) is 91.6. The Labute approximate surface area is 157 Å². The third-order valence-corrected chi connectivity index (χ3v) is 61.7. The summed E-state index contributed by atoms with van der Waals surface area (Å²) in [7, 11) is -2.47. The standard InChI is InChI=1S/C9H27Si4.C8H5.Pt/c1-11(2,3)10(12(4,5)6)13(7,8)9;1-2-8-6-4-3-5-7-8;/h1-9H3;3-7H;/q;-1;. The van der Waals surface area contributed by atoms with Gasteiger partial charge >= 0.3 is 0 Å². The van der Waals surface area contributed by atoms with E-state index in [0.29, 0.717) is 0 Å². The molecule has 0 saturated heterocycles. The Kier molecular flexibility index (Phi) is 10.7. The van der Waals surface area contributed by atoms with Crippen LogP contribution in [-0.4, -0.2) is 30.1 Å². The van der Waals surface area contributed by atoms with E-state index in [1.165, 1.54) is 0 Å². The van der Waals surface area contributed by atoms with Crippen molar-refractivity contribution >= 4 is 30.1 Å². The first-order valence-corrected chi connectivity index (χ1v) is 22.7. The zero-order valence-electron chi connectivity index (χ0n) is 15.7. The van der Waals surface area contributed by atoms with Crippen molar-refractivity contribution in [1.82, 2.24) is 0 Å². The molecule has 1 radical (unpaired) electrons. The van der Waals surface area contributed by atoms with Crippen LogP contribution in [0.25, 0.3) is 0 Å². The number of rotatable bonds is 3. The molecular weight excluding hydrogens is 512 g/mol. The second kappa shape index (κ2) is 9.59. The van der Waals surface area contributed by atoms with Crippen molar-refractivity contribution in [3.8, 4) is 5.92 Å². The SMILES string of the molecule is C[Si](C)(C)[Si]([Si](C)(C)C)[Si](C)(C)C.[C-]#Cc1ccccc1.[Pt]. The first-order chi connectivity index (χ1) is 9.30. The Morgan fingerprint density at radius 2 is 1.05 bits per heavy atom. The summed E-state index contributed by atoms with van der Waals surface area (Å²) in [6.07, 6.45) is 6.69. The van der Waals surface area contributed by atoms with Crippen molar-refractivity contribution in [2.45, 2.75) is 58.9 Å². The Balaban J connectivity index is 0. The molecule has 0 heterocycles. The molecule has 0 unspecified atom stereocenters. The first-order valence-electron chi connectivity index (χ1n) is 7.66. The van der Waals surface area contributed by atoms with Gasteiger partial charge < -0.3 is 6.42 Å². The zero-order valence-corrected chi connectivity index (χ0v) is 22.0. The predicted molar refractivity (Wildman–Crippen MR) is 108 cm³/mol. The maximum atomic E-state index is 6.69. The molecule has 0 nitrogen and oxygen atoms in total. The van der Waals surface area contributed by atoms with Gasteiger partial charge in [0, 0.05) is 51.2 Å². The molecule has 0 aliphatic rings. The molecule has 0 bridgehead atoms. The van der Waals surface area contributed by atoms with E-state index < -0.39 is 22.8 Å². The third kappa shape index (κ3) is 9.47. The summed E-state index contributed by atoms with van der Waals surface area (Å²) in [5.41, 5.74) is 0.826. The number of hydrogen-bond donors (Lipinski definition) is 0. The van der Waals surface area contributed by atoms with E-state index in [4.69, 9.17) is 6.42 Å². The Morgan fingerprint density at radius 3 is 1.18 bits per heavy atom. The van der Waals surface area contributed by atoms with Crippen LogP contribution in [-0.2, 0) is 21.1 Å². The normalized spacial score (nSPS) is 11.9. The van der Waals surface area contributed by atoms with Gasteiger partial charge in [-0.05, 0) is 0 Å². The maximum Gasteiger partial charge on any atom is 0.0306 e. The van der Waals surface area contributed by atoms with Crippen molar-refractivity contribution in [3.05, 3.63) is 42.3 Å². The zero-order chi connectivity index (χ0) is 16.9. The van der Waals surface area contributed by atoms with E-state index in [9.17, 15) is 0 Å². The van der Waals surface area contributed by atoms with Gasteiger partial charge in [0.1, 0.15) is 0 Å². The Bertz CT molecular complexity index is 425. The van der Waals surface area contributed by atoms with Gasteiger partial charge in [0.05, 0.1) is 0 Å². The van der Waals surface area contributed by atoms with E-state index in [-0.39, 0.29) is 28.4 Å². The van der Waals surface area contributed by atoms with Crippen LogP contribution in [0.1, 0.15) is 5.56 Å². The molecule has 127 valence electrons. The second-order valence-electron chi connectivity index (χ2n) is 8.62. The van der Waals surface area contributed by atoms with Crippen LogP contribution in [0.4, 0.5) is 0 Å². The van der Waals surface area contributed by atoms with E-state index in [1.54, 1.807) is 0 Å². The molecule has 0 fully saturated rings. The van der Waals surface area contributed by atoms with E-state index in [1.807, 2.05) is 30.3 Å². The van der Waals surface area contributed by atoms with Crippen LogP contribution in [0.3, 0.4) is 0 Å². The molecule has 0 N–H and O–H groups in total. The van der Waals surface area contributed by atoms with Crippen molar-refractivity contribution in [3.63, 3.8) is 0 Å². The summed E-state index contributed by atoms with van der Waals surface area (Å²) in [5, 5.41) is 0. The molecule has 0 aliphatic heterocycles. The summed E-state index contributed by atoms with van der Waals surface area (Å²) in [6, 6.07) is 9.37. The predicted octanol–water partition coefficient (Wildman–Crippen LogP) is 5.35. The van der Waals surface area contributed by atoms with E-state index >= 15 is 0 Å². The van der Waals surface area contributed by atoms with Crippen LogP contribution < -0.4 is 0 Å². The number of benzene rings is 1. The molecule has 1 aromatic carbocycles. The third-order valence-electron chi connectivity index (χ3n) is 3.17. The van der Waals surface area contributed by atoms with Gasteiger partial charge in [-0.25, -0.2) is 0 Å². The van der Waals surface area contributed by atoms with E-state index in [0.717, 1.165) is 5.56 Å². The minimum Gasteiger partial charge on any atom is -0.366 e. The van der Waals surface area contributed by atoms with Gasteiger partial charge in [-0.3, -0.25) is 5.92 Å². The van der Waals surface area contributed by atoms with Gasteiger partial charge in [0.25, 0.3) is 0 Å². The molecule has 0 aromatic heterocycles. The monoisotopic (exact) mass is 543 g/mol. The smallest absolute Gasteiger partial charge is 0.0306 e. The van der Waals surface area contributed by atoms with Crippen LogP contribution in [0.5, 0.6) is 0 Å². The molecule has 0 aliphatic carbocycles. The van der Waals surface area contributed by atoms with Crippen molar-refractivity contribution in [2.75, 3.05) is 0 Å². The van der Waals surface area contributed by atoms with E-state index in [2.05, 4.69) is 64.8 Å². The second-order valence-corrected chi connectivity index (χ2v) is 45.4. The molecule has 0 amide bonds. The minimum atomic E-state index is -0.832. The first kappa shape index (κ1) is 24.6. The fraction of sp³-hybridized carbons (Fsp3) is 0.529. The molecule has 0 spiro atoms. The van der Waals surface area contributed by atoms with Crippen molar-refractivity contribution in [2.24, 2.45) is 0 Å². The average Bonchev–Trinajstić information content (AvgIpc) is 2.24. The summed E-state index contributed by atoms with van der Waals surface area (Å²) in [5.74, 6) is 2.28. The van der Waals surface area contributed by atoms with Crippen molar-refractivity contribution < 1.29 is 21.1 Å². The van der Waals surface area contributed by atoms with Gasteiger partial charge in [-0.15, -0.1) is 17.7 Å². The van der Waals surface area contributed by atoms with Crippen LogP contribution in [0, 0.1) is 12.3 Å². The maximum absolute atomic E-state index is 6.69. The fourth-order valence-electron chi connectivity index (χ4n) is 3.90. The molecule has 5 heteroatoms. The summed E-state index contributed by atoms with van der Waals surface area (Å²) < 4.78 is 0. The number of hydrogen-bond acceptors (Lipinski definition) is 0. The van der Waals surface area contributed by atoms with Crippen LogP contribution in [0.2, 0.25) is 58.9 Å². The molecule has 1 rings (SSSR count). The molecular formula is C17H32PtSi4-. The topological polar surface area (TPSA) is 0 Å². The average molecular weight is 544 g/mol. The van der Waals surface area contributed by atoms with Gasteiger partial charge in [0.15, 0.2) is 0 Å². The van der Waals surface area contributed by atoms with Crippen molar-refractivity contribution in [1.29, 1.82) is 0 Å².